The highest BCUT2D eigenvalue weighted by molar-refractivity contribution is 9.10. The van der Waals surface area contributed by atoms with Gasteiger partial charge in [-0.25, -0.2) is 9.78 Å². The Bertz CT molecular complexity index is 555. The van der Waals surface area contributed by atoms with E-state index < -0.39 is 5.97 Å². The lowest BCUT2D eigenvalue weighted by atomic mass is 10.2. The summed E-state index contributed by atoms with van der Waals surface area (Å²) in [6, 6.07) is 10.7. The molecule has 1 heterocycles. The number of carbonyl (C=O) groups excluding carboxylic acids is 1. The zero-order valence-corrected chi connectivity index (χ0v) is 11.1. The lowest BCUT2D eigenvalue weighted by Crippen LogP contribution is -2.06. The molecule has 4 nitrogen and oxygen atoms in total. The highest BCUT2D eigenvalue weighted by atomic mass is 79.9. The summed E-state index contributed by atoms with van der Waals surface area (Å²) in [5, 5.41) is 0. The van der Waals surface area contributed by atoms with Gasteiger partial charge in [-0.1, -0.05) is 28.1 Å². The maximum Gasteiger partial charge on any atom is 0.340 e. The highest BCUT2D eigenvalue weighted by Crippen LogP contribution is 2.13. The molecule has 0 radical (unpaired) electrons. The molecule has 0 aliphatic carbocycles. The first-order valence-corrected chi connectivity index (χ1v) is 6.07. The summed E-state index contributed by atoms with van der Waals surface area (Å²) in [5.41, 5.74) is 6.75. The van der Waals surface area contributed by atoms with Crippen molar-refractivity contribution in [3.8, 4) is 0 Å². The van der Waals surface area contributed by atoms with Gasteiger partial charge in [0.15, 0.2) is 0 Å². The van der Waals surface area contributed by atoms with E-state index in [1.165, 1.54) is 6.20 Å². The first-order chi connectivity index (χ1) is 8.65. The van der Waals surface area contributed by atoms with Crippen LogP contribution in [0.5, 0.6) is 0 Å². The van der Waals surface area contributed by atoms with E-state index in [0.29, 0.717) is 11.4 Å². The molecular weight excluding hydrogens is 296 g/mol. The van der Waals surface area contributed by atoms with Gasteiger partial charge in [0, 0.05) is 10.7 Å². The maximum atomic E-state index is 11.7. The molecule has 0 atom stereocenters. The van der Waals surface area contributed by atoms with E-state index >= 15 is 0 Å². The fraction of sp³-hybridized carbons (Fsp3) is 0.0769. The number of nitrogens with two attached hydrogens (primary N) is 1. The van der Waals surface area contributed by atoms with Crippen LogP contribution in [0.25, 0.3) is 0 Å². The van der Waals surface area contributed by atoms with Crippen molar-refractivity contribution in [2.45, 2.75) is 6.61 Å². The number of nitrogen functional groups attached to an aromatic ring is 1. The van der Waals surface area contributed by atoms with Gasteiger partial charge in [0.1, 0.15) is 12.4 Å². The molecular formula is C13H11BrN2O2. The lowest BCUT2D eigenvalue weighted by molar-refractivity contribution is 0.0472. The van der Waals surface area contributed by atoms with Crippen LogP contribution in [0, 0.1) is 0 Å². The molecule has 0 saturated carbocycles. The molecule has 1 aromatic carbocycles. The second-order valence-electron chi connectivity index (χ2n) is 3.68. The summed E-state index contributed by atoms with van der Waals surface area (Å²) >= 11 is 3.36. The van der Waals surface area contributed by atoms with Crippen LogP contribution in [-0.4, -0.2) is 11.0 Å². The Morgan fingerprint density at radius 2 is 2.17 bits per heavy atom. The summed E-state index contributed by atoms with van der Waals surface area (Å²) in [7, 11) is 0. The molecule has 2 N–H and O–H groups in total. The third-order valence-corrected chi connectivity index (χ3v) is 2.77. The third-order valence-electron chi connectivity index (χ3n) is 2.28. The van der Waals surface area contributed by atoms with Crippen molar-refractivity contribution in [2.24, 2.45) is 0 Å². The van der Waals surface area contributed by atoms with Crippen molar-refractivity contribution in [3.63, 3.8) is 0 Å². The number of halogens is 1. The minimum atomic E-state index is -0.414. The molecule has 2 rings (SSSR count). The number of benzene rings is 1. The predicted molar refractivity (Wildman–Crippen MR) is 71.9 cm³/mol. The van der Waals surface area contributed by atoms with Crippen LogP contribution in [0.15, 0.2) is 47.1 Å². The Morgan fingerprint density at radius 1 is 1.33 bits per heavy atom. The number of esters is 1. The zero-order chi connectivity index (χ0) is 13.0. The monoisotopic (exact) mass is 306 g/mol. The van der Waals surface area contributed by atoms with E-state index in [2.05, 4.69) is 20.9 Å². The predicted octanol–water partition coefficient (Wildman–Crippen LogP) is 2.78. The molecule has 0 spiro atoms. The van der Waals surface area contributed by atoms with Crippen molar-refractivity contribution in [2.75, 3.05) is 5.73 Å². The average Bonchev–Trinajstić information content (AvgIpc) is 2.37. The van der Waals surface area contributed by atoms with Crippen LogP contribution < -0.4 is 5.73 Å². The van der Waals surface area contributed by atoms with E-state index in [0.717, 1.165) is 10.0 Å². The summed E-state index contributed by atoms with van der Waals surface area (Å²) in [5.74, 6) is -0.0407. The number of hydrogen-bond donors (Lipinski definition) is 1. The second kappa shape index (κ2) is 5.64. The summed E-state index contributed by atoms with van der Waals surface area (Å²) in [4.78, 5) is 15.5. The molecule has 5 heteroatoms. The molecule has 0 unspecified atom stereocenters. The fourth-order valence-electron chi connectivity index (χ4n) is 1.39. The molecule has 0 aliphatic heterocycles. The van der Waals surface area contributed by atoms with Gasteiger partial charge < -0.3 is 10.5 Å². The quantitative estimate of drug-likeness (QED) is 0.886. The third kappa shape index (κ3) is 3.30. The number of carbonyl (C=O) groups is 1. The van der Waals surface area contributed by atoms with Crippen LogP contribution in [0.1, 0.15) is 15.9 Å². The van der Waals surface area contributed by atoms with E-state index in [-0.39, 0.29) is 6.61 Å². The van der Waals surface area contributed by atoms with Crippen LogP contribution >= 0.6 is 15.9 Å². The van der Waals surface area contributed by atoms with Gasteiger partial charge in [-0.15, -0.1) is 0 Å². The SMILES string of the molecule is Nc1ccc(C(=O)OCc2cccc(Br)c2)cn1. The Labute approximate surface area is 113 Å². The van der Waals surface area contributed by atoms with Crippen LogP contribution in [0.2, 0.25) is 0 Å². The number of aromatic nitrogens is 1. The summed E-state index contributed by atoms with van der Waals surface area (Å²) in [6.45, 7) is 0.225. The van der Waals surface area contributed by atoms with Crippen LogP contribution in [0.4, 0.5) is 5.82 Å². The smallest absolute Gasteiger partial charge is 0.340 e. The number of pyridine rings is 1. The first-order valence-electron chi connectivity index (χ1n) is 5.28. The van der Waals surface area contributed by atoms with Gasteiger partial charge in [-0.05, 0) is 29.8 Å². The molecule has 1 aromatic heterocycles. The Hall–Kier alpha value is -1.88. The van der Waals surface area contributed by atoms with Crippen LogP contribution in [0.3, 0.4) is 0 Å². The fourth-order valence-corrected chi connectivity index (χ4v) is 1.83. The maximum absolute atomic E-state index is 11.7. The number of ether oxygens (including phenoxy) is 1. The standard InChI is InChI=1S/C13H11BrN2O2/c14-11-3-1-2-9(6-11)8-18-13(17)10-4-5-12(15)16-7-10/h1-7H,8H2,(H2,15,16). The highest BCUT2D eigenvalue weighted by Gasteiger charge is 2.07. The van der Waals surface area contributed by atoms with Gasteiger partial charge >= 0.3 is 5.97 Å². The Balaban J connectivity index is 1.98. The van der Waals surface area contributed by atoms with Gasteiger partial charge in [-0.2, -0.15) is 0 Å². The molecule has 0 bridgehead atoms. The number of rotatable bonds is 3. The lowest BCUT2D eigenvalue weighted by Gasteiger charge is -2.05. The molecule has 18 heavy (non-hydrogen) atoms. The topological polar surface area (TPSA) is 65.2 Å². The van der Waals surface area contributed by atoms with E-state index in [1.54, 1.807) is 12.1 Å². The number of hydrogen-bond acceptors (Lipinski definition) is 4. The summed E-state index contributed by atoms with van der Waals surface area (Å²) in [6.07, 6.45) is 1.40. The molecule has 92 valence electrons. The molecule has 0 saturated heterocycles. The van der Waals surface area contributed by atoms with Gasteiger partial charge in [-0.3, -0.25) is 0 Å². The van der Waals surface area contributed by atoms with E-state index in [4.69, 9.17) is 10.5 Å². The molecule has 0 aliphatic rings. The van der Waals surface area contributed by atoms with Crippen molar-refractivity contribution in [1.82, 2.24) is 4.98 Å². The van der Waals surface area contributed by atoms with Gasteiger partial charge in [0.2, 0.25) is 0 Å². The Kier molecular flexibility index (Phi) is 3.94. The number of anilines is 1. The molecule has 0 fully saturated rings. The van der Waals surface area contributed by atoms with Crippen molar-refractivity contribution in [3.05, 3.63) is 58.2 Å². The first kappa shape index (κ1) is 12.6. The Morgan fingerprint density at radius 3 is 2.83 bits per heavy atom. The van der Waals surface area contributed by atoms with Crippen LogP contribution in [-0.2, 0) is 11.3 Å². The van der Waals surface area contributed by atoms with Crippen molar-refractivity contribution in [1.29, 1.82) is 0 Å². The van der Waals surface area contributed by atoms with Crippen molar-refractivity contribution < 1.29 is 9.53 Å². The van der Waals surface area contributed by atoms with E-state index in [1.807, 2.05) is 24.3 Å². The second-order valence-corrected chi connectivity index (χ2v) is 4.59. The number of nitrogens with zero attached hydrogens (tertiary/aromatic N) is 1. The van der Waals surface area contributed by atoms with E-state index in [9.17, 15) is 4.79 Å². The van der Waals surface area contributed by atoms with Gasteiger partial charge in [0.05, 0.1) is 5.56 Å². The minimum absolute atomic E-state index is 0.225. The minimum Gasteiger partial charge on any atom is -0.457 e. The summed E-state index contributed by atoms with van der Waals surface area (Å²) < 4.78 is 6.12. The largest absolute Gasteiger partial charge is 0.457 e. The molecule has 2 aromatic rings. The van der Waals surface area contributed by atoms with Gasteiger partial charge in [0.25, 0.3) is 0 Å². The zero-order valence-electron chi connectivity index (χ0n) is 9.47. The average molecular weight is 307 g/mol. The molecule has 0 amide bonds. The normalized spacial score (nSPS) is 10.1. The van der Waals surface area contributed by atoms with Crippen molar-refractivity contribution >= 4 is 27.7 Å².